The van der Waals surface area contributed by atoms with Gasteiger partial charge in [-0.25, -0.2) is 0 Å². The second kappa shape index (κ2) is 6.25. The SMILES string of the molecule is O=[As]c1ccc(NCc2ccccc2[N+](=O)[O-])cc1. The monoisotopic (exact) mass is 318 g/mol. The van der Waals surface area contributed by atoms with Crippen LogP contribution >= 0.6 is 0 Å². The fraction of sp³-hybridized carbons (Fsp3) is 0.0769. The van der Waals surface area contributed by atoms with Gasteiger partial charge < -0.3 is 0 Å². The van der Waals surface area contributed by atoms with Crippen LogP contribution in [0, 0.1) is 10.1 Å². The fourth-order valence-electron chi connectivity index (χ4n) is 1.68. The van der Waals surface area contributed by atoms with Crippen molar-refractivity contribution in [2.75, 3.05) is 5.32 Å². The van der Waals surface area contributed by atoms with E-state index in [0.29, 0.717) is 12.1 Å². The molecule has 0 fully saturated rings. The molecule has 0 aliphatic rings. The Morgan fingerprint density at radius 1 is 1.11 bits per heavy atom. The van der Waals surface area contributed by atoms with E-state index < -0.39 is 15.7 Å². The molecule has 0 amide bonds. The Balaban J connectivity index is 2.09. The van der Waals surface area contributed by atoms with Crippen LogP contribution in [0.25, 0.3) is 0 Å². The molecule has 6 heteroatoms. The molecule has 0 spiro atoms. The van der Waals surface area contributed by atoms with Crippen LogP contribution in [0.2, 0.25) is 0 Å². The fourth-order valence-corrected chi connectivity index (χ4v) is 2.24. The van der Waals surface area contributed by atoms with Gasteiger partial charge in [-0.15, -0.1) is 0 Å². The maximum absolute atomic E-state index is 10.9. The van der Waals surface area contributed by atoms with Crippen LogP contribution < -0.4 is 9.67 Å². The summed E-state index contributed by atoms with van der Waals surface area (Å²) in [6, 6.07) is 13.8. The first kappa shape index (κ1) is 13.4. The van der Waals surface area contributed by atoms with E-state index in [1.54, 1.807) is 30.3 Å². The Morgan fingerprint density at radius 2 is 1.79 bits per heavy atom. The molecule has 2 aromatic carbocycles. The molecule has 0 atom stereocenters. The number of nitro benzene ring substituents is 1. The van der Waals surface area contributed by atoms with Crippen LogP contribution in [0.3, 0.4) is 0 Å². The summed E-state index contributed by atoms with van der Waals surface area (Å²) in [5.41, 5.74) is 1.58. The average Bonchev–Trinajstić information content (AvgIpc) is 2.46. The number of hydrogen-bond donors (Lipinski definition) is 1. The molecule has 2 aromatic rings. The number of benzene rings is 2. The first-order chi connectivity index (χ1) is 9.20. The predicted molar refractivity (Wildman–Crippen MR) is 72.9 cm³/mol. The van der Waals surface area contributed by atoms with Crippen molar-refractivity contribution in [1.82, 2.24) is 0 Å². The van der Waals surface area contributed by atoms with Crippen LogP contribution in [-0.2, 0) is 10.3 Å². The van der Waals surface area contributed by atoms with Crippen LogP contribution in [0.1, 0.15) is 5.56 Å². The van der Waals surface area contributed by atoms with Crippen LogP contribution in [-0.4, -0.2) is 20.6 Å². The Kier molecular flexibility index (Phi) is 4.42. The van der Waals surface area contributed by atoms with Gasteiger partial charge in [-0.3, -0.25) is 0 Å². The van der Waals surface area contributed by atoms with Crippen molar-refractivity contribution >= 4 is 31.4 Å². The van der Waals surface area contributed by atoms with Crippen molar-refractivity contribution in [3.63, 3.8) is 0 Å². The van der Waals surface area contributed by atoms with Gasteiger partial charge in [0.05, 0.1) is 0 Å². The molecule has 0 saturated carbocycles. The van der Waals surface area contributed by atoms with Crippen molar-refractivity contribution in [1.29, 1.82) is 0 Å². The summed E-state index contributed by atoms with van der Waals surface area (Å²) in [5, 5.41) is 14.0. The van der Waals surface area contributed by atoms with Gasteiger partial charge in [-0.1, -0.05) is 0 Å². The summed E-state index contributed by atoms with van der Waals surface area (Å²) in [4.78, 5) is 10.5. The summed E-state index contributed by atoms with van der Waals surface area (Å²) in [5.74, 6) is 0. The third kappa shape index (κ3) is 3.48. The molecule has 2 rings (SSSR count). The van der Waals surface area contributed by atoms with Crippen LogP contribution in [0.4, 0.5) is 11.4 Å². The second-order valence-corrected chi connectivity index (χ2v) is 5.34. The van der Waals surface area contributed by atoms with E-state index in [9.17, 15) is 13.9 Å². The number of nitro groups is 1. The molecule has 0 aliphatic carbocycles. The van der Waals surface area contributed by atoms with Gasteiger partial charge in [0.1, 0.15) is 0 Å². The van der Waals surface area contributed by atoms with Crippen molar-refractivity contribution < 1.29 is 8.66 Å². The summed E-state index contributed by atoms with van der Waals surface area (Å²) < 4.78 is 11.6. The van der Waals surface area contributed by atoms with E-state index in [0.717, 1.165) is 10.0 Å². The summed E-state index contributed by atoms with van der Waals surface area (Å²) >= 11 is -1.01. The first-order valence-electron chi connectivity index (χ1n) is 5.60. The number of nitrogens with one attached hydrogen (secondary N) is 1. The van der Waals surface area contributed by atoms with Crippen molar-refractivity contribution in [2.24, 2.45) is 0 Å². The molecule has 0 heterocycles. The van der Waals surface area contributed by atoms with Gasteiger partial charge in [0.25, 0.3) is 0 Å². The molecule has 0 saturated heterocycles. The number of anilines is 1. The van der Waals surface area contributed by atoms with E-state index in [2.05, 4.69) is 5.32 Å². The Morgan fingerprint density at radius 3 is 2.42 bits per heavy atom. The van der Waals surface area contributed by atoms with Gasteiger partial charge in [0.15, 0.2) is 0 Å². The summed E-state index contributed by atoms with van der Waals surface area (Å²) in [7, 11) is 0. The predicted octanol–water partition coefficient (Wildman–Crippen LogP) is 1.88. The zero-order valence-electron chi connectivity index (χ0n) is 9.95. The normalized spacial score (nSPS) is 10.3. The number of rotatable bonds is 5. The molecular formula is C13H11AsN2O3. The molecule has 5 nitrogen and oxygen atoms in total. The quantitative estimate of drug-likeness (QED) is 0.519. The minimum absolute atomic E-state index is 0.108. The van der Waals surface area contributed by atoms with Gasteiger partial charge in [0.2, 0.25) is 0 Å². The van der Waals surface area contributed by atoms with Gasteiger partial charge in [-0.2, -0.15) is 0 Å². The third-order valence-electron chi connectivity index (χ3n) is 2.64. The first-order valence-corrected chi connectivity index (χ1v) is 7.31. The second-order valence-electron chi connectivity index (χ2n) is 3.88. The van der Waals surface area contributed by atoms with Crippen molar-refractivity contribution in [3.05, 3.63) is 64.2 Å². The Labute approximate surface area is 116 Å². The summed E-state index contributed by atoms with van der Waals surface area (Å²) in [6.07, 6.45) is 0. The van der Waals surface area contributed by atoms with Crippen molar-refractivity contribution in [3.8, 4) is 0 Å². The number of para-hydroxylation sites is 1. The standard InChI is InChI=1S/C13H11AsN2O3/c17-14-11-5-7-12(8-6-11)15-9-10-3-1-2-4-13(10)16(18)19/h1-8,15H,9H2. The van der Waals surface area contributed by atoms with Crippen LogP contribution in [0.15, 0.2) is 48.5 Å². The average molecular weight is 318 g/mol. The van der Waals surface area contributed by atoms with E-state index in [1.165, 1.54) is 6.07 Å². The molecular weight excluding hydrogens is 307 g/mol. The van der Waals surface area contributed by atoms with E-state index in [1.807, 2.05) is 12.1 Å². The Bertz CT molecular complexity index is 599. The third-order valence-corrected chi connectivity index (χ3v) is 3.71. The number of nitrogens with zero attached hydrogens (tertiary/aromatic N) is 1. The van der Waals surface area contributed by atoms with Gasteiger partial charge in [0, 0.05) is 0 Å². The molecule has 0 bridgehead atoms. The Hall–Kier alpha value is -2.00. The van der Waals surface area contributed by atoms with E-state index in [4.69, 9.17) is 0 Å². The molecule has 19 heavy (non-hydrogen) atoms. The van der Waals surface area contributed by atoms with Gasteiger partial charge in [-0.05, 0) is 0 Å². The molecule has 0 aromatic heterocycles. The molecule has 0 radical (unpaired) electrons. The van der Waals surface area contributed by atoms with Gasteiger partial charge >= 0.3 is 116 Å². The zero-order chi connectivity index (χ0) is 13.7. The minimum atomic E-state index is -1.01. The number of hydrogen-bond acceptors (Lipinski definition) is 4. The zero-order valence-corrected chi connectivity index (χ0v) is 11.8. The summed E-state index contributed by atoms with van der Waals surface area (Å²) in [6.45, 7) is 0.377. The topological polar surface area (TPSA) is 72.2 Å². The van der Waals surface area contributed by atoms with E-state index >= 15 is 0 Å². The molecule has 0 aliphatic heterocycles. The van der Waals surface area contributed by atoms with Crippen LogP contribution in [0.5, 0.6) is 0 Å². The van der Waals surface area contributed by atoms with Crippen molar-refractivity contribution in [2.45, 2.75) is 6.54 Å². The molecule has 1 N–H and O–H groups in total. The molecule has 96 valence electrons. The maximum atomic E-state index is 10.9. The van der Waals surface area contributed by atoms with E-state index in [-0.39, 0.29) is 10.6 Å². The molecule has 0 unspecified atom stereocenters.